The molecule has 0 saturated heterocycles. The predicted molar refractivity (Wildman–Crippen MR) is 95.9 cm³/mol. The summed E-state index contributed by atoms with van der Waals surface area (Å²) in [6, 6.07) is 5.41. The lowest BCUT2D eigenvalue weighted by atomic mass is 10.2. The number of rotatable bonds is 4. The standard InChI is InChI=1S/C17H17N3O3S/c1-10-11(2)24-16-15(10)17(21)20(9-18-16)19-8-12-5-6-13(22-3)14(7-12)23-4/h5-9H,1-4H3/b19-8+. The van der Waals surface area contributed by atoms with Crippen molar-refractivity contribution in [2.75, 3.05) is 14.2 Å². The third kappa shape index (κ3) is 2.78. The van der Waals surface area contributed by atoms with Crippen molar-refractivity contribution in [1.29, 1.82) is 0 Å². The number of hydrogen-bond donors (Lipinski definition) is 0. The summed E-state index contributed by atoms with van der Waals surface area (Å²) in [5.74, 6) is 1.24. The fourth-order valence-electron chi connectivity index (χ4n) is 2.37. The van der Waals surface area contributed by atoms with E-state index >= 15 is 0 Å². The van der Waals surface area contributed by atoms with Crippen LogP contribution in [0.25, 0.3) is 10.2 Å². The molecule has 24 heavy (non-hydrogen) atoms. The number of thiophene rings is 1. The second kappa shape index (κ2) is 6.45. The Morgan fingerprint density at radius 3 is 2.67 bits per heavy atom. The van der Waals surface area contributed by atoms with Crippen molar-refractivity contribution in [2.24, 2.45) is 5.10 Å². The van der Waals surface area contributed by atoms with Gasteiger partial charge in [0.1, 0.15) is 11.2 Å². The smallest absolute Gasteiger partial charge is 0.282 e. The lowest BCUT2D eigenvalue weighted by Crippen LogP contribution is -2.16. The minimum absolute atomic E-state index is 0.168. The molecule has 3 aromatic rings. The summed E-state index contributed by atoms with van der Waals surface area (Å²) in [6.07, 6.45) is 3.03. The van der Waals surface area contributed by atoms with Gasteiger partial charge in [-0.15, -0.1) is 11.3 Å². The molecular weight excluding hydrogens is 326 g/mol. The molecule has 0 unspecified atom stereocenters. The van der Waals surface area contributed by atoms with E-state index in [9.17, 15) is 4.79 Å². The van der Waals surface area contributed by atoms with Crippen molar-refractivity contribution in [2.45, 2.75) is 13.8 Å². The van der Waals surface area contributed by atoms with Crippen LogP contribution in [0.4, 0.5) is 0 Å². The maximum Gasteiger partial charge on any atom is 0.282 e. The highest BCUT2D eigenvalue weighted by Crippen LogP contribution is 2.27. The van der Waals surface area contributed by atoms with Gasteiger partial charge in [0.15, 0.2) is 11.5 Å². The summed E-state index contributed by atoms with van der Waals surface area (Å²) in [5, 5.41) is 4.86. The first-order chi connectivity index (χ1) is 11.5. The summed E-state index contributed by atoms with van der Waals surface area (Å²) in [5.41, 5.74) is 1.58. The van der Waals surface area contributed by atoms with Crippen LogP contribution in [0.2, 0.25) is 0 Å². The molecule has 0 amide bonds. The van der Waals surface area contributed by atoms with Gasteiger partial charge in [0.05, 0.1) is 25.8 Å². The third-order valence-electron chi connectivity index (χ3n) is 3.81. The van der Waals surface area contributed by atoms with Crippen molar-refractivity contribution in [3.8, 4) is 11.5 Å². The molecule has 124 valence electrons. The van der Waals surface area contributed by atoms with E-state index in [-0.39, 0.29) is 5.56 Å². The molecule has 0 atom stereocenters. The van der Waals surface area contributed by atoms with Gasteiger partial charge in [-0.05, 0) is 43.2 Å². The van der Waals surface area contributed by atoms with Crippen LogP contribution >= 0.6 is 11.3 Å². The zero-order valence-electron chi connectivity index (χ0n) is 13.9. The summed E-state index contributed by atoms with van der Waals surface area (Å²) in [7, 11) is 3.15. The molecular formula is C17H17N3O3S. The van der Waals surface area contributed by atoms with E-state index in [0.29, 0.717) is 16.9 Å². The Labute approximate surface area is 143 Å². The van der Waals surface area contributed by atoms with Gasteiger partial charge < -0.3 is 9.47 Å². The lowest BCUT2D eigenvalue weighted by Gasteiger charge is -2.07. The second-order valence-corrected chi connectivity index (χ2v) is 6.42. The molecule has 2 aromatic heterocycles. The Bertz CT molecular complexity index is 989. The summed E-state index contributed by atoms with van der Waals surface area (Å²) in [4.78, 5) is 18.7. The maximum atomic E-state index is 12.6. The van der Waals surface area contributed by atoms with Crippen LogP contribution in [0.3, 0.4) is 0 Å². The first kappa shape index (κ1) is 16.2. The molecule has 0 spiro atoms. The SMILES string of the molecule is COc1ccc(/C=N/n2cnc3sc(C)c(C)c3c2=O)cc1OC. The monoisotopic (exact) mass is 343 g/mol. The van der Waals surface area contributed by atoms with E-state index in [2.05, 4.69) is 10.1 Å². The van der Waals surface area contributed by atoms with Crippen LogP contribution in [0.1, 0.15) is 16.0 Å². The number of nitrogens with zero attached hydrogens (tertiary/aromatic N) is 3. The Kier molecular flexibility index (Phi) is 4.35. The molecule has 0 aliphatic carbocycles. The van der Waals surface area contributed by atoms with Crippen LogP contribution in [-0.2, 0) is 0 Å². The van der Waals surface area contributed by atoms with Crippen LogP contribution in [0.15, 0.2) is 34.4 Å². The zero-order chi connectivity index (χ0) is 17.3. The Hall–Kier alpha value is -2.67. The Morgan fingerprint density at radius 1 is 1.21 bits per heavy atom. The fourth-order valence-corrected chi connectivity index (χ4v) is 3.36. The zero-order valence-corrected chi connectivity index (χ0v) is 14.7. The van der Waals surface area contributed by atoms with E-state index in [4.69, 9.17) is 9.47 Å². The van der Waals surface area contributed by atoms with Gasteiger partial charge >= 0.3 is 0 Å². The second-order valence-electron chi connectivity index (χ2n) is 5.22. The summed E-state index contributed by atoms with van der Waals surface area (Å²) >= 11 is 1.52. The van der Waals surface area contributed by atoms with Crippen LogP contribution in [-0.4, -0.2) is 30.1 Å². The molecule has 3 rings (SSSR count). The highest BCUT2D eigenvalue weighted by molar-refractivity contribution is 7.18. The third-order valence-corrected chi connectivity index (χ3v) is 4.93. The molecule has 0 radical (unpaired) electrons. The molecule has 0 aliphatic heterocycles. The minimum Gasteiger partial charge on any atom is -0.493 e. The molecule has 0 fully saturated rings. The summed E-state index contributed by atoms with van der Waals surface area (Å²) in [6.45, 7) is 3.91. The molecule has 0 bridgehead atoms. The Morgan fingerprint density at radius 2 is 1.96 bits per heavy atom. The van der Waals surface area contributed by atoms with Crippen LogP contribution in [0.5, 0.6) is 11.5 Å². The van der Waals surface area contributed by atoms with Crippen LogP contribution < -0.4 is 15.0 Å². The van der Waals surface area contributed by atoms with Gasteiger partial charge in [-0.1, -0.05) is 0 Å². The van der Waals surface area contributed by atoms with Gasteiger partial charge in [-0.25, -0.2) is 4.98 Å². The largest absolute Gasteiger partial charge is 0.493 e. The predicted octanol–water partition coefficient (Wildman–Crippen LogP) is 2.97. The number of aromatic nitrogens is 2. The topological polar surface area (TPSA) is 65.7 Å². The molecule has 7 heteroatoms. The van der Waals surface area contributed by atoms with E-state index in [1.807, 2.05) is 19.9 Å². The summed E-state index contributed by atoms with van der Waals surface area (Å²) < 4.78 is 11.7. The van der Waals surface area contributed by atoms with Gasteiger partial charge in [-0.2, -0.15) is 9.78 Å². The first-order valence-corrected chi connectivity index (χ1v) is 8.10. The number of fused-ring (bicyclic) bond motifs is 1. The fraction of sp³-hybridized carbons (Fsp3) is 0.235. The lowest BCUT2D eigenvalue weighted by molar-refractivity contribution is 0.355. The maximum absolute atomic E-state index is 12.6. The number of ether oxygens (including phenoxy) is 2. The number of hydrogen-bond acceptors (Lipinski definition) is 6. The highest BCUT2D eigenvalue weighted by atomic mass is 32.1. The van der Waals surface area contributed by atoms with Crippen molar-refractivity contribution < 1.29 is 9.47 Å². The van der Waals surface area contributed by atoms with Gasteiger partial charge in [0.2, 0.25) is 0 Å². The highest BCUT2D eigenvalue weighted by Gasteiger charge is 2.11. The molecule has 2 heterocycles. The minimum atomic E-state index is -0.168. The average molecular weight is 343 g/mol. The molecule has 1 aromatic carbocycles. The Balaban J connectivity index is 2.01. The normalized spacial score (nSPS) is 11.3. The van der Waals surface area contributed by atoms with Crippen molar-refractivity contribution in [3.05, 3.63) is 50.9 Å². The molecule has 0 aliphatic rings. The first-order valence-electron chi connectivity index (χ1n) is 7.29. The van der Waals surface area contributed by atoms with Gasteiger partial charge in [-0.3, -0.25) is 4.79 Å². The average Bonchev–Trinajstić information content (AvgIpc) is 2.89. The quantitative estimate of drug-likeness (QED) is 0.683. The molecule has 0 N–H and O–H groups in total. The van der Waals surface area contributed by atoms with E-state index in [0.717, 1.165) is 20.8 Å². The van der Waals surface area contributed by atoms with Crippen molar-refractivity contribution in [1.82, 2.24) is 9.66 Å². The van der Waals surface area contributed by atoms with Crippen LogP contribution in [0, 0.1) is 13.8 Å². The van der Waals surface area contributed by atoms with E-state index in [1.54, 1.807) is 32.6 Å². The van der Waals surface area contributed by atoms with E-state index in [1.165, 1.54) is 22.3 Å². The number of benzene rings is 1. The van der Waals surface area contributed by atoms with Crippen molar-refractivity contribution in [3.63, 3.8) is 0 Å². The molecule has 6 nitrogen and oxygen atoms in total. The number of methoxy groups -OCH3 is 2. The van der Waals surface area contributed by atoms with E-state index < -0.39 is 0 Å². The molecule has 0 saturated carbocycles. The van der Waals surface area contributed by atoms with Gasteiger partial charge in [0.25, 0.3) is 5.56 Å². The van der Waals surface area contributed by atoms with Gasteiger partial charge in [0, 0.05) is 4.88 Å². The number of aryl methyl sites for hydroxylation is 2. The van der Waals surface area contributed by atoms with Crippen molar-refractivity contribution >= 4 is 27.8 Å².